The lowest BCUT2D eigenvalue weighted by atomic mass is 10.0. The SMILES string of the molecule is OC1(CNCCOC(F)(F)F)CCOC1. The number of rotatable bonds is 5. The third-order valence-corrected chi connectivity index (χ3v) is 2.08. The quantitative estimate of drug-likeness (QED) is 0.664. The van der Waals surface area contributed by atoms with E-state index in [9.17, 15) is 18.3 Å². The average molecular weight is 229 g/mol. The fraction of sp³-hybridized carbons (Fsp3) is 1.00. The van der Waals surface area contributed by atoms with Gasteiger partial charge in [0.05, 0.1) is 13.2 Å². The topological polar surface area (TPSA) is 50.7 Å². The van der Waals surface area contributed by atoms with Gasteiger partial charge < -0.3 is 15.2 Å². The van der Waals surface area contributed by atoms with Crippen LogP contribution in [0, 0.1) is 0 Å². The first-order chi connectivity index (χ1) is 6.91. The fourth-order valence-corrected chi connectivity index (χ4v) is 1.30. The van der Waals surface area contributed by atoms with Crippen LogP contribution in [0.3, 0.4) is 0 Å². The van der Waals surface area contributed by atoms with E-state index in [1.807, 2.05) is 0 Å². The van der Waals surface area contributed by atoms with Gasteiger partial charge in [-0.05, 0) is 0 Å². The minimum atomic E-state index is -4.59. The molecule has 1 saturated heterocycles. The summed E-state index contributed by atoms with van der Waals surface area (Å²) in [6.07, 6.45) is -4.09. The highest BCUT2D eigenvalue weighted by Gasteiger charge is 2.32. The van der Waals surface area contributed by atoms with Gasteiger partial charge in [0.25, 0.3) is 0 Å². The molecule has 1 heterocycles. The number of alkyl halides is 3. The highest BCUT2D eigenvalue weighted by Crippen LogP contribution is 2.17. The Balaban J connectivity index is 2.02. The third-order valence-electron chi connectivity index (χ3n) is 2.08. The summed E-state index contributed by atoms with van der Waals surface area (Å²) >= 11 is 0. The number of hydrogen-bond acceptors (Lipinski definition) is 4. The minimum Gasteiger partial charge on any atom is -0.386 e. The molecule has 1 fully saturated rings. The summed E-state index contributed by atoms with van der Waals surface area (Å²) in [4.78, 5) is 0. The molecule has 1 atom stereocenters. The van der Waals surface area contributed by atoms with E-state index in [1.54, 1.807) is 0 Å². The Hall–Kier alpha value is -0.370. The molecule has 2 N–H and O–H groups in total. The van der Waals surface area contributed by atoms with Crippen molar-refractivity contribution in [1.82, 2.24) is 5.32 Å². The van der Waals surface area contributed by atoms with Crippen molar-refractivity contribution in [2.24, 2.45) is 0 Å². The normalized spacial score (nSPS) is 27.2. The van der Waals surface area contributed by atoms with Gasteiger partial charge in [-0.25, -0.2) is 0 Å². The highest BCUT2D eigenvalue weighted by atomic mass is 19.4. The second-order valence-corrected chi connectivity index (χ2v) is 3.50. The Labute approximate surface area is 85.4 Å². The Morgan fingerprint density at radius 1 is 1.47 bits per heavy atom. The molecule has 15 heavy (non-hydrogen) atoms. The van der Waals surface area contributed by atoms with E-state index in [0.29, 0.717) is 13.0 Å². The first-order valence-corrected chi connectivity index (χ1v) is 4.63. The molecule has 0 amide bonds. The van der Waals surface area contributed by atoms with Crippen LogP contribution >= 0.6 is 0 Å². The molecule has 1 unspecified atom stereocenters. The minimum absolute atomic E-state index is 0.0435. The predicted molar refractivity (Wildman–Crippen MR) is 45.3 cm³/mol. The van der Waals surface area contributed by atoms with E-state index in [-0.39, 0.29) is 19.7 Å². The summed E-state index contributed by atoms with van der Waals surface area (Å²) in [5, 5.41) is 12.4. The molecule has 1 rings (SSSR count). The van der Waals surface area contributed by atoms with Crippen molar-refractivity contribution in [3.05, 3.63) is 0 Å². The molecule has 0 bridgehead atoms. The summed E-state index contributed by atoms with van der Waals surface area (Å²) < 4.78 is 43.1. The second kappa shape index (κ2) is 5.11. The van der Waals surface area contributed by atoms with Crippen LogP contribution in [0.1, 0.15) is 6.42 Å². The van der Waals surface area contributed by atoms with Gasteiger partial charge >= 0.3 is 6.36 Å². The van der Waals surface area contributed by atoms with Crippen molar-refractivity contribution in [2.75, 3.05) is 32.9 Å². The van der Waals surface area contributed by atoms with E-state index in [2.05, 4.69) is 10.1 Å². The van der Waals surface area contributed by atoms with E-state index < -0.39 is 18.6 Å². The van der Waals surface area contributed by atoms with Crippen LogP contribution in [0.5, 0.6) is 0 Å². The van der Waals surface area contributed by atoms with Crippen LogP contribution in [-0.4, -0.2) is 50.0 Å². The molecule has 0 saturated carbocycles. The summed E-state index contributed by atoms with van der Waals surface area (Å²) in [6.45, 7) is 0.508. The van der Waals surface area contributed by atoms with Gasteiger partial charge in [0, 0.05) is 26.1 Å². The lowest BCUT2D eigenvalue weighted by molar-refractivity contribution is -0.323. The first kappa shape index (κ1) is 12.7. The van der Waals surface area contributed by atoms with Gasteiger partial charge in [-0.15, -0.1) is 13.2 Å². The Kier molecular flexibility index (Phi) is 4.32. The molecule has 0 spiro atoms. The maximum absolute atomic E-state index is 11.5. The van der Waals surface area contributed by atoms with Crippen molar-refractivity contribution in [3.8, 4) is 0 Å². The maximum Gasteiger partial charge on any atom is 0.522 e. The van der Waals surface area contributed by atoms with Crippen molar-refractivity contribution in [1.29, 1.82) is 0 Å². The molecular formula is C8H14F3NO3. The van der Waals surface area contributed by atoms with Crippen LogP contribution in [0.4, 0.5) is 13.2 Å². The lowest BCUT2D eigenvalue weighted by Gasteiger charge is -2.20. The van der Waals surface area contributed by atoms with Gasteiger partial charge in [0.1, 0.15) is 5.60 Å². The van der Waals surface area contributed by atoms with E-state index in [0.717, 1.165) is 0 Å². The molecule has 0 radical (unpaired) electrons. The number of nitrogens with one attached hydrogen (secondary N) is 1. The van der Waals surface area contributed by atoms with Crippen LogP contribution in [0.25, 0.3) is 0 Å². The molecule has 0 aromatic carbocycles. The molecule has 0 aromatic rings. The monoisotopic (exact) mass is 229 g/mol. The van der Waals surface area contributed by atoms with Crippen molar-refractivity contribution < 1.29 is 27.8 Å². The lowest BCUT2D eigenvalue weighted by Crippen LogP contribution is -2.42. The summed E-state index contributed by atoms with van der Waals surface area (Å²) in [6, 6.07) is 0. The first-order valence-electron chi connectivity index (χ1n) is 4.63. The molecule has 4 nitrogen and oxygen atoms in total. The molecular weight excluding hydrogens is 215 g/mol. The van der Waals surface area contributed by atoms with Crippen LogP contribution in [0.2, 0.25) is 0 Å². The van der Waals surface area contributed by atoms with Gasteiger partial charge in [-0.3, -0.25) is 4.74 Å². The van der Waals surface area contributed by atoms with Gasteiger partial charge in [0.2, 0.25) is 0 Å². The smallest absolute Gasteiger partial charge is 0.386 e. The van der Waals surface area contributed by atoms with Crippen LogP contribution in [0.15, 0.2) is 0 Å². The van der Waals surface area contributed by atoms with Crippen molar-refractivity contribution in [2.45, 2.75) is 18.4 Å². The zero-order chi connectivity index (χ0) is 11.4. The van der Waals surface area contributed by atoms with Crippen LogP contribution < -0.4 is 5.32 Å². The maximum atomic E-state index is 11.5. The molecule has 0 aromatic heterocycles. The summed E-state index contributed by atoms with van der Waals surface area (Å²) in [7, 11) is 0. The molecule has 0 aliphatic carbocycles. The Bertz CT molecular complexity index is 192. The van der Waals surface area contributed by atoms with Crippen molar-refractivity contribution in [3.63, 3.8) is 0 Å². The average Bonchev–Trinajstić information content (AvgIpc) is 2.50. The number of ether oxygens (including phenoxy) is 2. The molecule has 7 heteroatoms. The van der Waals surface area contributed by atoms with Gasteiger partial charge in [0.15, 0.2) is 0 Å². The molecule has 90 valence electrons. The van der Waals surface area contributed by atoms with Crippen LogP contribution in [-0.2, 0) is 9.47 Å². The summed E-state index contributed by atoms with van der Waals surface area (Å²) in [5.74, 6) is 0. The second-order valence-electron chi connectivity index (χ2n) is 3.50. The van der Waals surface area contributed by atoms with E-state index in [4.69, 9.17) is 4.74 Å². The predicted octanol–water partition coefficient (Wildman–Crippen LogP) is 0.264. The van der Waals surface area contributed by atoms with Gasteiger partial charge in [-0.1, -0.05) is 0 Å². The molecule has 1 aliphatic rings. The van der Waals surface area contributed by atoms with Gasteiger partial charge in [-0.2, -0.15) is 0 Å². The van der Waals surface area contributed by atoms with E-state index >= 15 is 0 Å². The Morgan fingerprint density at radius 2 is 2.20 bits per heavy atom. The van der Waals surface area contributed by atoms with Crippen molar-refractivity contribution >= 4 is 0 Å². The fourth-order valence-electron chi connectivity index (χ4n) is 1.30. The van der Waals surface area contributed by atoms with E-state index in [1.165, 1.54) is 0 Å². The number of aliphatic hydroxyl groups is 1. The highest BCUT2D eigenvalue weighted by molar-refractivity contribution is 4.84. The zero-order valence-electron chi connectivity index (χ0n) is 8.14. The zero-order valence-corrected chi connectivity index (χ0v) is 8.14. The summed E-state index contributed by atoms with van der Waals surface area (Å²) in [5.41, 5.74) is -0.946. The Morgan fingerprint density at radius 3 is 2.73 bits per heavy atom. The number of hydrogen-bond donors (Lipinski definition) is 2. The number of halogens is 3. The third kappa shape index (κ3) is 5.31. The largest absolute Gasteiger partial charge is 0.522 e. The standard InChI is InChI=1S/C8H14F3NO3/c9-8(10,11)15-4-2-12-5-7(13)1-3-14-6-7/h12-13H,1-6H2. The molecule has 1 aliphatic heterocycles.